The zero-order chi connectivity index (χ0) is 18.6. The first kappa shape index (κ1) is 18.5. The molecule has 0 spiro atoms. The summed E-state index contributed by atoms with van der Waals surface area (Å²) < 4.78 is 39.8. The number of imidazole rings is 1. The number of hydrogen-bond donors (Lipinski definition) is 1. The molecule has 0 fully saturated rings. The van der Waals surface area contributed by atoms with Gasteiger partial charge in [-0.2, -0.15) is 13.2 Å². The van der Waals surface area contributed by atoms with Gasteiger partial charge in [-0.25, -0.2) is 4.98 Å². The molecule has 1 aromatic heterocycles. The van der Waals surface area contributed by atoms with Crippen molar-refractivity contribution < 1.29 is 18.3 Å². The first-order valence-electron chi connectivity index (χ1n) is 7.95. The molecule has 0 bridgehead atoms. The van der Waals surface area contributed by atoms with Crippen LogP contribution in [-0.4, -0.2) is 14.7 Å². The first-order chi connectivity index (χ1) is 12.5. The molecule has 0 atom stereocenters. The van der Waals surface area contributed by atoms with Gasteiger partial charge in [0, 0.05) is 12.3 Å². The number of nitrogens with zero attached hydrogens (tertiary/aromatic N) is 2. The van der Waals surface area contributed by atoms with Gasteiger partial charge in [0.05, 0.1) is 24.1 Å². The summed E-state index contributed by atoms with van der Waals surface area (Å²) in [5, 5.41) is 10.2. The predicted octanol–water partition coefficient (Wildman–Crippen LogP) is 4.73. The van der Waals surface area contributed by atoms with Gasteiger partial charge < -0.3 is 9.67 Å². The van der Waals surface area contributed by atoms with Crippen LogP contribution in [0.1, 0.15) is 22.4 Å². The minimum absolute atomic E-state index is 0.124. The van der Waals surface area contributed by atoms with Crippen LogP contribution in [0.15, 0.2) is 66.0 Å². The monoisotopic (exact) mass is 378 g/mol. The maximum Gasteiger partial charge on any atom is 0.416 e. The number of aliphatic hydroxyl groups excluding tert-OH is 1. The van der Waals surface area contributed by atoms with Crippen molar-refractivity contribution in [2.75, 3.05) is 0 Å². The van der Waals surface area contributed by atoms with Gasteiger partial charge in [0.25, 0.3) is 0 Å². The Hall–Kier alpha value is -2.25. The maximum atomic E-state index is 12.6. The van der Waals surface area contributed by atoms with Crippen LogP contribution in [-0.2, 0) is 25.1 Å². The molecule has 0 saturated carbocycles. The van der Waals surface area contributed by atoms with Gasteiger partial charge in [-0.1, -0.05) is 54.2 Å². The Morgan fingerprint density at radius 3 is 2.27 bits per heavy atom. The fraction of sp³-hybridized carbons (Fsp3) is 0.211. The van der Waals surface area contributed by atoms with Gasteiger partial charge in [-0.15, -0.1) is 0 Å². The first-order valence-corrected chi connectivity index (χ1v) is 8.94. The standard InChI is InChI=1S/C19H17F3N2OS/c20-19(21,22)16-8-6-15(7-9-16)13-26-18-23-10-17(12-25)24(18)11-14-4-2-1-3-5-14/h1-10,25H,11-13H2. The summed E-state index contributed by atoms with van der Waals surface area (Å²) in [4.78, 5) is 4.34. The molecule has 26 heavy (non-hydrogen) atoms. The van der Waals surface area contributed by atoms with Crippen LogP contribution < -0.4 is 0 Å². The highest BCUT2D eigenvalue weighted by molar-refractivity contribution is 7.98. The van der Waals surface area contributed by atoms with Gasteiger partial charge in [0.15, 0.2) is 5.16 Å². The molecule has 7 heteroatoms. The number of thioether (sulfide) groups is 1. The SMILES string of the molecule is OCc1cnc(SCc2ccc(C(F)(F)F)cc2)n1Cc1ccccc1. The van der Waals surface area contributed by atoms with Crippen LogP contribution in [0.4, 0.5) is 13.2 Å². The number of aromatic nitrogens is 2. The highest BCUT2D eigenvalue weighted by Gasteiger charge is 2.29. The average molecular weight is 378 g/mol. The van der Waals surface area contributed by atoms with Crippen molar-refractivity contribution in [2.24, 2.45) is 0 Å². The van der Waals surface area contributed by atoms with E-state index < -0.39 is 11.7 Å². The van der Waals surface area contributed by atoms with E-state index in [0.717, 1.165) is 28.4 Å². The average Bonchev–Trinajstić information content (AvgIpc) is 3.02. The summed E-state index contributed by atoms with van der Waals surface area (Å²) in [6.07, 6.45) is -2.70. The van der Waals surface area contributed by atoms with Crippen LogP contribution in [0.2, 0.25) is 0 Å². The summed E-state index contributed by atoms with van der Waals surface area (Å²) in [6, 6.07) is 14.9. The number of alkyl halides is 3. The second-order valence-corrected chi connectivity index (χ2v) is 6.69. The third kappa shape index (κ3) is 4.47. The lowest BCUT2D eigenvalue weighted by atomic mass is 10.1. The maximum absolute atomic E-state index is 12.6. The lowest BCUT2D eigenvalue weighted by Gasteiger charge is -2.11. The normalized spacial score (nSPS) is 11.7. The van der Waals surface area contributed by atoms with Gasteiger partial charge in [-0.05, 0) is 23.3 Å². The number of rotatable bonds is 6. The molecular formula is C19H17F3N2OS. The zero-order valence-corrected chi connectivity index (χ0v) is 14.6. The highest BCUT2D eigenvalue weighted by atomic mass is 32.2. The Bertz CT molecular complexity index is 845. The minimum Gasteiger partial charge on any atom is -0.390 e. The number of benzene rings is 2. The van der Waals surface area contributed by atoms with Crippen molar-refractivity contribution in [1.29, 1.82) is 0 Å². The summed E-state index contributed by atoms with van der Waals surface area (Å²) >= 11 is 1.43. The van der Waals surface area contributed by atoms with Crippen molar-refractivity contribution in [2.45, 2.75) is 30.2 Å². The van der Waals surface area contributed by atoms with E-state index in [1.807, 2.05) is 34.9 Å². The molecule has 3 aromatic rings. The Balaban J connectivity index is 1.73. The molecule has 0 aliphatic heterocycles. The van der Waals surface area contributed by atoms with Crippen molar-refractivity contribution in [3.63, 3.8) is 0 Å². The van der Waals surface area contributed by atoms with Crippen molar-refractivity contribution in [3.05, 3.63) is 83.2 Å². The smallest absolute Gasteiger partial charge is 0.390 e. The molecular weight excluding hydrogens is 361 g/mol. The summed E-state index contributed by atoms with van der Waals surface area (Å²) in [6.45, 7) is 0.451. The highest BCUT2D eigenvalue weighted by Crippen LogP contribution is 2.30. The van der Waals surface area contributed by atoms with E-state index in [9.17, 15) is 18.3 Å². The number of halogens is 3. The van der Waals surface area contributed by atoms with Gasteiger partial charge in [0.2, 0.25) is 0 Å². The zero-order valence-electron chi connectivity index (χ0n) is 13.8. The van der Waals surface area contributed by atoms with Crippen LogP contribution in [0.5, 0.6) is 0 Å². The molecule has 1 heterocycles. The summed E-state index contributed by atoms with van der Waals surface area (Å²) in [5.74, 6) is 0.495. The molecule has 136 valence electrons. The summed E-state index contributed by atoms with van der Waals surface area (Å²) in [7, 11) is 0. The minimum atomic E-state index is -4.33. The van der Waals surface area contributed by atoms with Gasteiger partial charge in [-0.3, -0.25) is 0 Å². The van der Waals surface area contributed by atoms with E-state index in [1.54, 1.807) is 6.20 Å². The van der Waals surface area contributed by atoms with E-state index >= 15 is 0 Å². The quantitative estimate of drug-likeness (QED) is 0.630. The molecule has 3 nitrogen and oxygen atoms in total. The molecule has 1 N–H and O–H groups in total. The molecule has 0 radical (unpaired) electrons. The van der Waals surface area contributed by atoms with Crippen molar-refractivity contribution in [1.82, 2.24) is 9.55 Å². The van der Waals surface area contributed by atoms with Gasteiger partial charge >= 0.3 is 6.18 Å². The third-order valence-corrected chi connectivity index (χ3v) is 4.96. The van der Waals surface area contributed by atoms with Gasteiger partial charge in [0.1, 0.15) is 0 Å². The Morgan fingerprint density at radius 1 is 0.962 bits per heavy atom. The predicted molar refractivity (Wildman–Crippen MR) is 94.7 cm³/mol. The molecule has 0 aliphatic rings. The Morgan fingerprint density at radius 2 is 1.65 bits per heavy atom. The summed E-state index contributed by atoms with van der Waals surface area (Å²) in [5.41, 5.74) is 1.91. The molecule has 0 amide bonds. The molecule has 3 rings (SSSR count). The van der Waals surface area contributed by atoms with Crippen LogP contribution in [0.3, 0.4) is 0 Å². The topological polar surface area (TPSA) is 38.1 Å². The molecule has 0 aliphatic carbocycles. The number of hydrogen-bond acceptors (Lipinski definition) is 3. The van der Waals surface area contributed by atoms with E-state index in [1.165, 1.54) is 23.9 Å². The fourth-order valence-electron chi connectivity index (χ4n) is 2.51. The van der Waals surface area contributed by atoms with Crippen molar-refractivity contribution in [3.8, 4) is 0 Å². The molecule has 2 aromatic carbocycles. The number of aliphatic hydroxyl groups is 1. The molecule has 0 unspecified atom stereocenters. The lowest BCUT2D eigenvalue weighted by molar-refractivity contribution is -0.137. The van der Waals surface area contributed by atoms with Crippen LogP contribution >= 0.6 is 11.8 Å². The molecule has 0 saturated heterocycles. The fourth-order valence-corrected chi connectivity index (χ4v) is 3.46. The van der Waals surface area contributed by atoms with Crippen LogP contribution in [0, 0.1) is 0 Å². The van der Waals surface area contributed by atoms with E-state index in [-0.39, 0.29) is 6.61 Å². The third-order valence-electron chi connectivity index (χ3n) is 3.90. The van der Waals surface area contributed by atoms with E-state index in [2.05, 4.69) is 4.98 Å². The van der Waals surface area contributed by atoms with E-state index in [0.29, 0.717) is 18.0 Å². The van der Waals surface area contributed by atoms with Crippen LogP contribution in [0.25, 0.3) is 0 Å². The second kappa shape index (κ2) is 7.97. The second-order valence-electron chi connectivity index (χ2n) is 5.75. The Labute approximate surface area is 153 Å². The Kier molecular flexibility index (Phi) is 5.68. The van der Waals surface area contributed by atoms with Crippen molar-refractivity contribution >= 4 is 11.8 Å². The lowest BCUT2D eigenvalue weighted by Crippen LogP contribution is -2.06. The van der Waals surface area contributed by atoms with E-state index in [4.69, 9.17) is 0 Å². The largest absolute Gasteiger partial charge is 0.416 e.